The molecule has 2 rings (SSSR count). The standard InChI is InChI=1S/C16H21N3/c1-12(2)13(3)15-7-16(11-18-10-15)19-9-14-5-4-6-17-8-14/h4-8,10-13,19H,9H2,1-3H3. The number of rotatable bonds is 5. The lowest BCUT2D eigenvalue weighted by atomic mass is 9.91. The van der Waals surface area contributed by atoms with Crippen molar-refractivity contribution in [3.63, 3.8) is 0 Å². The second-order valence-corrected chi connectivity index (χ2v) is 5.25. The van der Waals surface area contributed by atoms with E-state index < -0.39 is 0 Å². The van der Waals surface area contributed by atoms with Gasteiger partial charge in [-0.1, -0.05) is 26.8 Å². The van der Waals surface area contributed by atoms with Crippen LogP contribution < -0.4 is 5.32 Å². The van der Waals surface area contributed by atoms with Crippen LogP contribution in [0.15, 0.2) is 43.0 Å². The predicted octanol–water partition coefficient (Wildman–Crippen LogP) is 3.85. The van der Waals surface area contributed by atoms with Gasteiger partial charge in [-0.25, -0.2) is 0 Å². The number of nitrogens with zero attached hydrogens (tertiary/aromatic N) is 2. The molecule has 0 aliphatic rings. The van der Waals surface area contributed by atoms with E-state index in [4.69, 9.17) is 0 Å². The fourth-order valence-electron chi connectivity index (χ4n) is 1.90. The average molecular weight is 255 g/mol. The maximum absolute atomic E-state index is 4.32. The highest BCUT2D eigenvalue weighted by Gasteiger charge is 2.10. The van der Waals surface area contributed by atoms with Crippen molar-refractivity contribution in [3.8, 4) is 0 Å². The Morgan fingerprint density at radius 2 is 1.95 bits per heavy atom. The summed E-state index contributed by atoms with van der Waals surface area (Å²) in [6.07, 6.45) is 7.49. The van der Waals surface area contributed by atoms with E-state index in [1.165, 1.54) is 11.1 Å². The van der Waals surface area contributed by atoms with Gasteiger partial charge in [0.1, 0.15) is 0 Å². The van der Waals surface area contributed by atoms with Gasteiger partial charge in [0, 0.05) is 31.3 Å². The van der Waals surface area contributed by atoms with Crippen LogP contribution in [0.2, 0.25) is 0 Å². The van der Waals surface area contributed by atoms with Crippen molar-refractivity contribution < 1.29 is 0 Å². The first-order valence-electron chi connectivity index (χ1n) is 6.74. The van der Waals surface area contributed by atoms with Crippen LogP contribution in [0.5, 0.6) is 0 Å². The van der Waals surface area contributed by atoms with Gasteiger partial charge in [0.05, 0.1) is 5.69 Å². The van der Waals surface area contributed by atoms with Gasteiger partial charge in [-0.3, -0.25) is 9.97 Å². The molecule has 2 aromatic rings. The topological polar surface area (TPSA) is 37.8 Å². The smallest absolute Gasteiger partial charge is 0.0532 e. The predicted molar refractivity (Wildman–Crippen MR) is 79.1 cm³/mol. The van der Waals surface area contributed by atoms with Crippen LogP contribution in [0.4, 0.5) is 5.69 Å². The van der Waals surface area contributed by atoms with Gasteiger partial charge in [0.2, 0.25) is 0 Å². The van der Waals surface area contributed by atoms with E-state index in [1.807, 2.05) is 24.7 Å². The molecular weight excluding hydrogens is 234 g/mol. The van der Waals surface area contributed by atoms with Crippen LogP contribution in [0, 0.1) is 5.92 Å². The monoisotopic (exact) mass is 255 g/mol. The van der Waals surface area contributed by atoms with E-state index in [1.54, 1.807) is 6.20 Å². The minimum atomic E-state index is 0.521. The Labute approximate surface area is 115 Å². The Kier molecular flexibility index (Phi) is 4.50. The van der Waals surface area contributed by atoms with Crippen molar-refractivity contribution in [2.24, 2.45) is 5.92 Å². The minimum absolute atomic E-state index is 0.521. The van der Waals surface area contributed by atoms with Crippen LogP contribution >= 0.6 is 0 Å². The van der Waals surface area contributed by atoms with Gasteiger partial charge in [-0.15, -0.1) is 0 Å². The number of hydrogen-bond acceptors (Lipinski definition) is 3. The quantitative estimate of drug-likeness (QED) is 0.882. The number of nitrogens with one attached hydrogen (secondary N) is 1. The maximum Gasteiger partial charge on any atom is 0.0532 e. The Bertz CT molecular complexity index is 508. The molecule has 0 spiro atoms. The summed E-state index contributed by atoms with van der Waals surface area (Å²) < 4.78 is 0. The molecular formula is C16H21N3. The van der Waals surface area contributed by atoms with E-state index in [9.17, 15) is 0 Å². The first-order valence-corrected chi connectivity index (χ1v) is 6.74. The van der Waals surface area contributed by atoms with Crippen molar-refractivity contribution >= 4 is 5.69 Å². The molecule has 2 aromatic heterocycles. The molecule has 0 saturated carbocycles. The van der Waals surface area contributed by atoms with Gasteiger partial charge in [0.25, 0.3) is 0 Å². The molecule has 0 bridgehead atoms. The molecule has 19 heavy (non-hydrogen) atoms. The number of hydrogen-bond donors (Lipinski definition) is 1. The summed E-state index contributed by atoms with van der Waals surface area (Å²) in [5.41, 5.74) is 3.52. The van der Waals surface area contributed by atoms with Crippen molar-refractivity contribution in [2.75, 3.05) is 5.32 Å². The fourth-order valence-corrected chi connectivity index (χ4v) is 1.90. The molecule has 0 aliphatic carbocycles. The fraction of sp³-hybridized carbons (Fsp3) is 0.375. The summed E-state index contributed by atoms with van der Waals surface area (Å²) in [6.45, 7) is 7.49. The average Bonchev–Trinajstić information content (AvgIpc) is 2.45. The Hall–Kier alpha value is -1.90. The zero-order chi connectivity index (χ0) is 13.7. The third-order valence-electron chi connectivity index (χ3n) is 3.50. The Balaban J connectivity index is 2.03. The first kappa shape index (κ1) is 13.5. The lowest BCUT2D eigenvalue weighted by molar-refractivity contribution is 0.534. The molecule has 0 fully saturated rings. The summed E-state index contributed by atoms with van der Waals surface area (Å²) in [4.78, 5) is 8.43. The van der Waals surface area contributed by atoms with E-state index in [-0.39, 0.29) is 0 Å². The minimum Gasteiger partial charge on any atom is -0.380 e. The van der Waals surface area contributed by atoms with Gasteiger partial charge in [0.15, 0.2) is 0 Å². The molecule has 100 valence electrons. The van der Waals surface area contributed by atoms with Crippen LogP contribution in [0.1, 0.15) is 37.8 Å². The molecule has 3 nitrogen and oxygen atoms in total. The van der Waals surface area contributed by atoms with Crippen LogP contribution in [0.25, 0.3) is 0 Å². The van der Waals surface area contributed by atoms with Crippen LogP contribution in [-0.4, -0.2) is 9.97 Å². The molecule has 1 N–H and O–H groups in total. The third kappa shape index (κ3) is 3.78. The molecule has 0 aliphatic heterocycles. The zero-order valence-corrected chi connectivity index (χ0v) is 11.8. The molecule has 0 saturated heterocycles. The summed E-state index contributed by atoms with van der Waals surface area (Å²) >= 11 is 0. The highest BCUT2D eigenvalue weighted by Crippen LogP contribution is 2.24. The normalized spacial score (nSPS) is 12.4. The largest absolute Gasteiger partial charge is 0.380 e. The molecule has 1 atom stereocenters. The van der Waals surface area contributed by atoms with Crippen molar-refractivity contribution in [1.29, 1.82) is 0 Å². The Morgan fingerprint density at radius 1 is 1.11 bits per heavy atom. The lowest BCUT2D eigenvalue weighted by Crippen LogP contribution is -2.05. The van der Waals surface area contributed by atoms with Crippen molar-refractivity contribution in [2.45, 2.75) is 33.2 Å². The third-order valence-corrected chi connectivity index (χ3v) is 3.50. The second kappa shape index (κ2) is 6.32. The summed E-state index contributed by atoms with van der Waals surface area (Å²) in [6, 6.07) is 6.20. The lowest BCUT2D eigenvalue weighted by Gasteiger charge is -2.16. The van der Waals surface area contributed by atoms with Crippen molar-refractivity contribution in [1.82, 2.24) is 9.97 Å². The van der Waals surface area contributed by atoms with Gasteiger partial charge < -0.3 is 5.32 Å². The molecule has 1 unspecified atom stereocenters. The molecule has 0 aromatic carbocycles. The first-order chi connectivity index (χ1) is 9.16. The van der Waals surface area contributed by atoms with Gasteiger partial charge in [-0.05, 0) is 35.1 Å². The summed E-state index contributed by atoms with van der Waals surface area (Å²) in [5.74, 6) is 1.14. The zero-order valence-electron chi connectivity index (χ0n) is 11.8. The van der Waals surface area contributed by atoms with Crippen molar-refractivity contribution in [3.05, 3.63) is 54.1 Å². The van der Waals surface area contributed by atoms with E-state index in [0.717, 1.165) is 12.2 Å². The maximum atomic E-state index is 4.32. The molecule has 2 heterocycles. The Morgan fingerprint density at radius 3 is 2.63 bits per heavy atom. The molecule has 0 amide bonds. The number of pyridine rings is 2. The van der Waals surface area contributed by atoms with E-state index in [2.05, 4.69) is 48.2 Å². The van der Waals surface area contributed by atoms with E-state index in [0.29, 0.717) is 11.8 Å². The van der Waals surface area contributed by atoms with E-state index >= 15 is 0 Å². The SMILES string of the molecule is CC(C)C(C)c1cncc(NCc2cccnc2)c1. The number of aromatic nitrogens is 2. The summed E-state index contributed by atoms with van der Waals surface area (Å²) in [5, 5.41) is 3.39. The van der Waals surface area contributed by atoms with Gasteiger partial charge in [-0.2, -0.15) is 0 Å². The van der Waals surface area contributed by atoms with Gasteiger partial charge >= 0.3 is 0 Å². The highest BCUT2D eigenvalue weighted by molar-refractivity contribution is 5.44. The molecule has 0 radical (unpaired) electrons. The molecule has 3 heteroatoms. The highest BCUT2D eigenvalue weighted by atomic mass is 14.9. The second-order valence-electron chi connectivity index (χ2n) is 5.25. The summed E-state index contributed by atoms with van der Waals surface area (Å²) in [7, 11) is 0. The van der Waals surface area contributed by atoms with Crippen LogP contribution in [0.3, 0.4) is 0 Å². The number of anilines is 1. The van der Waals surface area contributed by atoms with Crippen LogP contribution in [-0.2, 0) is 6.54 Å².